The summed E-state index contributed by atoms with van der Waals surface area (Å²) in [6, 6.07) is 7.16. The van der Waals surface area contributed by atoms with E-state index in [9.17, 15) is 0 Å². The van der Waals surface area contributed by atoms with E-state index in [4.69, 9.17) is 10.5 Å². The molecule has 0 bridgehead atoms. The molecule has 0 aliphatic heterocycles. The topological polar surface area (TPSA) is 66.0 Å². The average Bonchev–Trinajstić information content (AvgIpc) is 2.65. The van der Waals surface area contributed by atoms with Crippen molar-refractivity contribution in [2.45, 2.75) is 0 Å². The fraction of sp³-hybridized carbons (Fsp3) is 0.111. The molecule has 0 aromatic carbocycles. The molecule has 2 aromatic heterocycles. The molecule has 0 aliphatic rings. The normalized spacial score (nSPS) is 10.1. The minimum atomic E-state index is 0.467. The molecule has 0 amide bonds. The lowest BCUT2D eigenvalue weighted by atomic mass is 10.4. The summed E-state index contributed by atoms with van der Waals surface area (Å²) in [7, 11) is 1.57. The van der Waals surface area contributed by atoms with Crippen LogP contribution in [0.1, 0.15) is 0 Å². The van der Waals surface area contributed by atoms with Crippen LogP contribution in [0.2, 0.25) is 0 Å². The molecule has 0 spiro atoms. The number of anilines is 1. The van der Waals surface area contributed by atoms with Crippen molar-refractivity contribution in [3.8, 4) is 11.7 Å². The second-order valence-corrected chi connectivity index (χ2v) is 2.72. The average molecular weight is 190 g/mol. The lowest BCUT2D eigenvalue weighted by Gasteiger charge is -2.02. The predicted molar refractivity (Wildman–Crippen MR) is 52.3 cm³/mol. The zero-order valence-electron chi connectivity index (χ0n) is 7.71. The number of ether oxygens (including phenoxy) is 1. The van der Waals surface area contributed by atoms with Crippen LogP contribution >= 0.6 is 0 Å². The first-order valence-corrected chi connectivity index (χ1v) is 4.12. The Bertz CT molecular complexity index is 438. The monoisotopic (exact) mass is 190 g/mol. The number of hydrogen-bond donors (Lipinski definition) is 1. The molecule has 0 unspecified atom stereocenters. The molecular formula is C9H10N4O. The quantitative estimate of drug-likeness (QED) is 0.762. The number of nitrogens with two attached hydrogens (primary N) is 1. The van der Waals surface area contributed by atoms with E-state index in [0.717, 1.165) is 0 Å². The second kappa shape index (κ2) is 3.37. The third kappa shape index (κ3) is 1.52. The Morgan fingerprint density at radius 2 is 2.21 bits per heavy atom. The van der Waals surface area contributed by atoms with Crippen LogP contribution in [0.3, 0.4) is 0 Å². The molecule has 72 valence electrons. The molecule has 0 atom stereocenters. The van der Waals surface area contributed by atoms with Crippen LogP contribution in [0, 0.1) is 0 Å². The standard InChI is InChI=1S/C9H10N4O/c1-14-9-4-2-3-8(11-9)13-6-5-7(10)12-13/h2-6H,1H3,(H2,10,12). The van der Waals surface area contributed by atoms with Crippen LogP contribution < -0.4 is 10.5 Å². The molecule has 5 heteroatoms. The van der Waals surface area contributed by atoms with E-state index >= 15 is 0 Å². The summed E-state index contributed by atoms with van der Waals surface area (Å²) in [4.78, 5) is 4.20. The summed E-state index contributed by atoms with van der Waals surface area (Å²) in [6.45, 7) is 0. The van der Waals surface area contributed by atoms with Gasteiger partial charge < -0.3 is 10.5 Å². The third-order valence-electron chi connectivity index (χ3n) is 1.76. The van der Waals surface area contributed by atoms with Gasteiger partial charge in [0.15, 0.2) is 5.82 Å². The summed E-state index contributed by atoms with van der Waals surface area (Å²) < 4.78 is 6.59. The van der Waals surface area contributed by atoms with Gasteiger partial charge in [-0.05, 0) is 6.07 Å². The van der Waals surface area contributed by atoms with E-state index in [1.807, 2.05) is 12.1 Å². The molecule has 2 aromatic rings. The first-order valence-electron chi connectivity index (χ1n) is 4.12. The largest absolute Gasteiger partial charge is 0.481 e. The first kappa shape index (κ1) is 8.55. The first-order chi connectivity index (χ1) is 6.79. The Morgan fingerprint density at radius 3 is 2.86 bits per heavy atom. The SMILES string of the molecule is COc1cccc(-n2ccc(N)n2)n1. The fourth-order valence-electron chi connectivity index (χ4n) is 1.11. The highest BCUT2D eigenvalue weighted by atomic mass is 16.5. The Balaban J connectivity index is 2.41. The van der Waals surface area contributed by atoms with Gasteiger partial charge >= 0.3 is 0 Å². The maximum atomic E-state index is 5.50. The number of pyridine rings is 1. The van der Waals surface area contributed by atoms with Gasteiger partial charge in [0.2, 0.25) is 5.88 Å². The van der Waals surface area contributed by atoms with Crippen molar-refractivity contribution in [1.82, 2.24) is 14.8 Å². The van der Waals surface area contributed by atoms with Gasteiger partial charge in [-0.2, -0.15) is 4.98 Å². The number of nitrogen functional groups attached to an aromatic ring is 1. The van der Waals surface area contributed by atoms with Crippen LogP contribution in [0.25, 0.3) is 5.82 Å². The highest BCUT2D eigenvalue weighted by molar-refractivity contribution is 5.31. The number of methoxy groups -OCH3 is 1. The lowest BCUT2D eigenvalue weighted by Crippen LogP contribution is -2.00. The molecule has 0 aliphatic carbocycles. The number of nitrogens with zero attached hydrogens (tertiary/aromatic N) is 3. The molecule has 2 rings (SSSR count). The van der Waals surface area contributed by atoms with Crippen LogP contribution in [-0.2, 0) is 0 Å². The van der Waals surface area contributed by atoms with Gasteiger partial charge in [0.1, 0.15) is 5.82 Å². The van der Waals surface area contributed by atoms with Crippen molar-refractivity contribution in [1.29, 1.82) is 0 Å². The van der Waals surface area contributed by atoms with Crippen molar-refractivity contribution in [3.63, 3.8) is 0 Å². The molecule has 0 fully saturated rings. The zero-order chi connectivity index (χ0) is 9.97. The molecular weight excluding hydrogens is 180 g/mol. The smallest absolute Gasteiger partial charge is 0.214 e. The van der Waals surface area contributed by atoms with Crippen molar-refractivity contribution < 1.29 is 4.74 Å². The van der Waals surface area contributed by atoms with Gasteiger partial charge in [-0.15, -0.1) is 5.10 Å². The molecule has 2 N–H and O–H groups in total. The van der Waals surface area contributed by atoms with Crippen LogP contribution in [0.15, 0.2) is 30.5 Å². The Labute approximate surface area is 81.1 Å². The van der Waals surface area contributed by atoms with Gasteiger partial charge in [0.05, 0.1) is 7.11 Å². The summed E-state index contributed by atoms with van der Waals surface area (Å²) in [5.74, 6) is 1.70. The summed E-state index contributed by atoms with van der Waals surface area (Å²) in [5.41, 5.74) is 5.50. The van der Waals surface area contributed by atoms with E-state index in [-0.39, 0.29) is 0 Å². The van der Waals surface area contributed by atoms with Crippen molar-refractivity contribution in [2.24, 2.45) is 0 Å². The lowest BCUT2D eigenvalue weighted by molar-refractivity contribution is 0.397. The molecule has 5 nitrogen and oxygen atoms in total. The molecule has 0 radical (unpaired) electrons. The van der Waals surface area contributed by atoms with Gasteiger partial charge in [0, 0.05) is 18.3 Å². The maximum absolute atomic E-state index is 5.50. The van der Waals surface area contributed by atoms with E-state index in [0.29, 0.717) is 17.5 Å². The van der Waals surface area contributed by atoms with E-state index in [1.54, 1.807) is 30.1 Å². The van der Waals surface area contributed by atoms with Crippen LogP contribution in [0.4, 0.5) is 5.82 Å². The second-order valence-electron chi connectivity index (χ2n) is 2.72. The molecule has 14 heavy (non-hydrogen) atoms. The Morgan fingerprint density at radius 1 is 1.36 bits per heavy atom. The van der Waals surface area contributed by atoms with Crippen LogP contribution in [-0.4, -0.2) is 21.9 Å². The van der Waals surface area contributed by atoms with Gasteiger partial charge in [0.25, 0.3) is 0 Å². The van der Waals surface area contributed by atoms with E-state index in [2.05, 4.69) is 10.1 Å². The van der Waals surface area contributed by atoms with Crippen molar-refractivity contribution in [2.75, 3.05) is 12.8 Å². The van der Waals surface area contributed by atoms with Gasteiger partial charge in [-0.1, -0.05) is 6.07 Å². The summed E-state index contributed by atoms with van der Waals surface area (Å²) in [6.07, 6.45) is 1.75. The van der Waals surface area contributed by atoms with E-state index < -0.39 is 0 Å². The predicted octanol–water partition coefficient (Wildman–Crippen LogP) is 0.858. The third-order valence-corrected chi connectivity index (χ3v) is 1.76. The summed E-state index contributed by atoms with van der Waals surface area (Å²) >= 11 is 0. The highest BCUT2D eigenvalue weighted by Gasteiger charge is 2.00. The van der Waals surface area contributed by atoms with Gasteiger partial charge in [-0.25, -0.2) is 4.68 Å². The fourth-order valence-corrected chi connectivity index (χ4v) is 1.11. The van der Waals surface area contributed by atoms with E-state index in [1.165, 1.54) is 0 Å². The summed E-state index contributed by atoms with van der Waals surface area (Å²) in [5, 5.41) is 4.03. The zero-order valence-corrected chi connectivity index (χ0v) is 7.71. The maximum Gasteiger partial charge on any atom is 0.214 e. The Kier molecular flexibility index (Phi) is 2.06. The van der Waals surface area contributed by atoms with Crippen molar-refractivity contribution in [3.05, 3.63) is 30.5 Å². The van der Waals surface area contributed by atoms with Gasteiger partial charge in [-0.3, -0.25) is 0 Å². The molecule has 2 heterocycles. The van der Waals surface area contributed by atoms with Crippen LogP contribution in [0.5, 0.6) is 5.88 Å². The molecule has 0 saturated heterocycles. The van der Waals surface area contributed by atoms with Crippen molar-refractivity contribution >= 4 is 5.82 Å². The highest BCUT2D eigenvalue weighted by Crippen LogP contribution is 2.10. The molecule has 0 saturated carbocycles. The Hall–Kier alpha value is -2.04. The number of hydrogen-bond acceptors (Lipinski definition) is 4. The number of aromatic nitrogens is 3. The minimum absolute atomic E-state index is 0.467. The number of rotatable bonds is 2. The minimum Gasteiger partial charge on any atom is -0.481 e.